The first kappa shape index (κ1) is 11.3. The van der Waals surface area contributed by atoms with Crippen molar-refractivity contribution in [2.45, 2.75) is 25.3 Å². The van der Waals surface area contributed by atoms with Gasteiger partial charge >= 0.3 is 0 Å². The van der Waals surface area contributed by atoms with Gasteiger partial charge in [-0.1, -0.05) is 18.0 Å². The molecular weight excluding hydrogens is 228 g/mol. The van der Waals surface area contributed by atoms with Crippen LogP contribution in [0.2, 0.25) is 5.15 Å². The third-order valence-corrected chi connectivity index (χ3v) is 2.69. The minimum Gasteiger partial charge on any atom is -0.306 e. The van der Waals surface area contributed by atoms with E-state index in [0.29, 0.717) is 5.15 Å². The average molecular weight is 241 g/mol. The summed E-state index contributed by atoms with van der Waals surface area (Å²) in [6, 6.07) is 1.42. The fourth-order valence-electron chi connectivity index (χ4n) is 1.67. The predicted octanol–water partition coefficient (Wildman–Crippen LogP) is 1.21. The van der Waals surface area contributed by atoms with Gasteiger partial charge < -0.3 is 5.32 Å². The minimum atomic E-state index is -0.142. The van der Waals surface area contributed by atoms with Crippen LogP contribution in [0.25, 0.3) is 0 Å². The maximum absolute atomic E-state index is 11.8. The highest BCUT2D eigenvalue weighted by Gasteiger charge is 2.20. The second kappa shape index (κ2) is 5.23. The largest absolute Gasteiger partial charge is 0.306 e. The summed E-state index contributed by atoms with van der Waals surface area (Å²) < 4.78 is 0. The van der Waals surface area contributed by atoms with Crippen molar-refractivity contribution < 1.29 is 4.79 Å². The maximum Gasteiger partial charge on any atom is 0.243 e. The summed E-state index contributed by atoms with van der Waals surface area (Å²) in [5.41, 5.74) is 0. The first-order valence-electron chi connectivity index (χ1n) is 5.28. The highest BCUT2D eigenvalue weighted by atomic mass is 35.5. The SMILES string of the molecule is O=C(Nc1nccc(Cl)n1)C1CCCCN1. The summed E-state index contributed by atoms with van der Waals surface area (Å²) in [4.78, 5) is 19.6. The zero-order valence-electron chi connectivity index (χ0n) is 8.74. The summed E-state index contributed by atoms with van der Waals surface area (Å²) in [5, 5.41) is 6.12. The van der Waals surface area contributed by atoms with Crippen molar-refractivity contribution in [3.8, 4) is 0 Å². The van der Waals surface area contributed by atoms with Crippen molar-refractivity contribution in [2.75, 3.05) is 11.9 Å². The summed E-state index contributed by atoms with van der Waals surface area (Å²) in [7, 11) is 0. The zero-order valence-corrected chi connectivity index (χ0v) is 9.50. The predicted molar refractivity (Wildman–Crippen MR) is 61.3 cm³/mol. The van der Waals surface area contributed by atoms with Crippen LogP contribution in [0.5, 0.6) is 0 Å². The van der Waals surface area contributed by atoms with E-state index in [-0.39, 0.29) is 17.9 Å². The molecule has 2 rings (SSSR count). The van der Waals surface area contributed by atoms with Gasteiger partial charge in [-0.05, 0) is 25.5 Å². The Labute approximate surface area is 98.6 Å². The minimum absolute atomic E-state index is 0.0954. The molecular formula is C10H13ClN4O. The Morgan fingerprint density at radius 2 is 2.44 bits per heavy atom. The number of nitrogens with one attached hydrogen (secondary N) is 2. The van der Waals surface area contributed by atoms with Gasteiger partial charge in [0.15, 0.2) is 0 Å². The van der Waals surface area contributed by atoms with Gasteiger partial charge in [0, 0.05) is 6.20 Å². The van der Waals surface area contributed by atoms with E-state index in [1.807, 2.05) is 0 Å². The van der Waals surface area contributed by atoms with Crippen LogP contribution < -0.4 is 10.6 Å². The van der Waals surface area contributed by atoms with Crippen LogP contribution in [-0.2, 0) is 4.79 Å². The molecule has 2 heterocycles. The molecule has 0 radical (unpaired) electrons. The van der Waals surface area contributed by atoms with Crippen LogP contribution in [0.1, 0.15) is 19.3 Å². The summed E-state index contributed by atoms with van der Waals surface area (Å²) in [6.07, 6.45) is 4.56. The first-order valence-corrected chi connectivity index (χ1v) is 5.66. The van der Waals surface area contributed by atoms with Crippen LogP contribution >= 0.6 is 11.6 Å². The quantitative estimate of drug-likeness (QED) is 0.763. The smallest absolute Gasteiger partial charge is 0.243 e. The number of aromatic nitrogens is 2. The number of amides is 1. The number of piperidine rings is 1. The third-order valence-electron chi connectivity index (χ3n) is 2.48. The molecule has 6 heteroatoms. The van der Waals surface area contributed by atoms with Gasteiger partial charge in [0.2, 0.25) is 11.9 Å². The number of anilines is 1. The maximum atomic E-state index is 11.8. The van der Waals surface area contributed by atoms with Crippen molar-refractivity contribution in [2.24, 2.45) is 0 Å². The van der Waals surface area contributed by atoms with Gasteiger partial charge in [0.1, 0.15) is 5.15 Å². The van der Waals surface area contributed by atoms with Crippen LogP contribution in [0, 0.1) is 0 Å². The molecule has 1 aliphatic rings. The number of carbonyl (C=O) groups is 1. The fourth-order valence-corrected chi connectivity index (χ4v) is 1.81. The van der Waals surface area contributed by atoms with E-state index in [0.717, 1.165) is 25.8 Å². The molecule has 1 aliphatic heterocycles. The second-order valence-electron chi connectivity index (χ2n) is 3.69. The number of hydrogen-bond acceptors (Lipinski definition) is 4. The molecule has 1 unspecified atom stereocenters. The van der Waals surface area contributed by atoms with Crippen LogP contribution in [-0.4, -0.2) is 28.5 Å². The molecule has 2 N–H and O–H groups in total. The number of nitrogens with zero attached hydrogens (tertiary/aromatic N) is 2. The van der Waals surface area contributed by atoms with Crippen molar-refractivity contribution in [1.82, 2.24) is 15.3 Å². The number of rotatable bonds is 2. The summed E-state index contributed by atoms with van der Waals surface area (Å²) >= 11 is 5.70. The third kappa shape index (κ3) is 2.90. The van der Waals surface area contributed by atoms with Gasteiger partial charge in [-0.15, -0.1) is 0 Å². The Hall–Kier alpha value is -1.20. The lowest BCUT2D eigenvalue weighted by Gasteiger charge is -2.21. The zero-order chi connectivity index (χ0) is 11.4. The Balaban J connectivity index is 1.96. The van der Waals surface area contributed by atoms with Gasteiger partial charge in [0.05, 0.1) is 6.04 Å². The molecule has 1 amide bonds. The standard InChI is InChI=1S/C10H13ClN4O/c11-8-4-6-13-10(14-8)15-9(16)7-3-1-2-5-12-7/h4,6-7,12H,1-3,5H2,(H,13,14,15,16). The van der Waals surface area contributed by atoms with E-state index >= 15 is 0 Å². The van der Waals surface area contributed by atoms with Crippen molar-refractivity contribution in [1.29, 1.82) is 0 Å². The van der Waals surface area contributed by atoms with E-state index in [4.69, 9.17) is 11.6 Å². The van der Waals surface area contributed by atoms with Gasteiger partial charge in [-0.2, -0.15) is 0 Å². The number of halogens is 1. The summed E-state index contributed by atoms with van der Waals surface area (Å²) in [5.74, 6) is 0.159. The lowest BCUT2D eigenvalue weighted by molar-refractivity contribution is -0.118. The van der Waals surface area contributed by atoms with Crippen LogP contribution in [0.4, 0.5) is 5.95 Å². The molecule has 5 nitrogen and oxygen atoms in total. The Bertz CT molecular complexity index is 379. The second-order valence-corrected chi connectivity index (χ2v) is 4.08. The Morgan fingerprint density at radius 1 is 1.56 bits per heavy atom. The summed E-state index contributed by atoms with van der Waals surface area (Å²) in [6.45, 7) is 0.883. The van der Waals surface area contributed by atoms with Crippen molar-refractivity contribution >= 4 is 23.5 Å². The molecule has 1 atom stereocenters. The molecule has 0 saturated carbocycles. The van der Waals surface area contributed by atoms with E-state index < -0.39 is 0 Å². The normalized spacial score (nSPS) is 20.4. The molecule has 1 saturated heterocycles. The lowest BCUT2D eigenvalue weighted by Crippen LogP contribution is -2.43. The number of hydrogen-bond donors (Lipinski definition) is 2. The van der Waals surface area contributed by atoms with Gasteiger partial charge in [-0.3, -0.25) is 10.1 Å². The van der Waals surface area contributed by atoms with Crippen molar-refractivity contribution in [3.05, 3.63) is 17.4 Å². The average Bonchev–Trinajstić information content (AvgIpc) is 2.30. The number of carbonyl (C=O) groups excluding carboxylic acids is 1. The first-order chi connectivity index (χ1) is 7.75. The molecule has 0 aromatic carbocycles. The Kier molecular flexibility index (Phi) is 3.69. The van der Waals surface area contributed by atoms with Gasteiger partial charge in [-0.25, -0.2) is 9.97 Å². The Morgan fingerprint density at radius 3 is 3.12 bits per heavy atom. The lowest BCUT2D eigenvalue weighted by atomic mass is 10.0. The van der Waals surface area contributed by atoms with E-state index in [1.54, 1.807) is 6.07 Å². The highest BCUT2D eigenvalue weighted by molar-refractivity contribution is 6.29. The molecule has 16 heavy (non-hydrogen) atoms. The fraction of sp³-hybridized carbons (Fsp3) is 0.500. The molecule has 0 aliphatic carbocycles. The molecule has 1 aromatic rings. The topological polar surface area (TPSA) is 66.9 Å². The molecule has 1 fully saturated rings. The van der Waals surface area contributed by atoms with Gasteiger partial charge in [0.25, 0.3) is 0 Å². The van der Waals surface area contributed by atoms with E-state index in [1.165, 1.54) is 6.20 Å². The molecule has 1 aromatic heterocycles. The molecule has 86 valence electrons. The monoisotopic (exact) mass is 240 g/mol. The van der Waals surface area contributed by atoms with Crippen molar-refractivity contribution in [3.63, 3.8) is 0 Å². The van der Waals surface area contributed by atoms with Crippen LogP contribution in [0.15, 0.2) is 12.3 Å². The molecule has 0 bridgehead atoms. The highest BCUT2D eigenvalue weighted by Crippen LogP contribution is 2.10. The van der Waals surface area contributed by atoms with Crippen LogP contribution in [0.3, 0.4) is 0 Å². The van der Waals surface area contributed by atoms with E-state index in [2.05, 4.69) is 20.6 Å². The molecule has 0 spiro atoms. The van der Waals surface area contributed by atoms with E-state index in [9.17, 15) is 4.79 Å².